The third kappa shape index (κ3) is 3.07. The second-order valence-corrected chi connectivity index (χ2v) is 4.69. The van der Waals surface area contributed by atoms with E-state index in [1.807, 2.05) is 0 Å². The van der Waals surface area contributed by atoms with Crippen LogP contribution in [0.3, 0.4) is 0 Å². The summed E-state index contributed by atoms with van der Waals surface area (Å²) >= 11 is 1.24. The summed E-state index contributed by atoms with van der Waals surface area (Å²) in [5.74, 6) is 1.64. The number of aromatic nitrogens is 2. The van der Waals surface area contributed by atoms with Gasteiger partial charge in [-0.1, -0.05) is 13.8 Å². The molecule has 96 valence electrons. The van der Waals surface area contributed by atoms with Gasteiger partial charge in [0.2, 0.25) is 5.82 Å². The molecule has 0 radical (unpaired) electrons. The molecular formula is C11H20N4OS. The number of piperazine rings is 1. The van der Waals surface area contributed by atoms with Crippen LogP contribution in [0, 0.1) is 0 Å². The fourth-order valence-corrected chi connectivity index (χ4v) is 2.45. The zero-order chi connectivity index (χ0) is 12.1. The highest BCUT2D eigenvalue weighted by Gasteiger charge is 2.21. The number of nitrogens with zero attached hydrogens (tertiary/aromatic N) is 4. The van der Waals surface area contributed by atoms with Gasteiger partial charge in [0.05, 0.1) is 18.3 Å². The monoisotopic (exact) mass is 256 g/mol. The Hall–Kier alpha value is -0.880. The third-order valence-corrected chi connectivity index (χ3v) is 3.51. The lowest BCUT2D eigenvalue weighted by Crippen LogP contribution is -2.46. The summed E-state index contributed by atoms with van der Waals surface area (Å²) in [6.45, 7) is 10.4. The Morgan fingerprint density at radius 3 is 2.59 bits per heavy atom. The quantitative estimate of drug-likeness (QED) is 0.798. The van der Waals surface area contributed by atoms with E-state index >= 15 is 0 Å². The molecule has 1 aliphatic rings. The second-order valence-electron chi connectivity index (χ2n) is 4.16. The summed E-state index contributed by atoms with van der Waals surface area (Å²) in [6, 6.07) is 0. The van der Waals surface area contributed by atoms with Crippen molar-refractivity contribution in [3.63, 3.8) is 0 Å². The van der Waals surface area contributed by atoms with Crippen molar-refractivity contribution >= 4 is 17.5 Å². The highest BCUT2D eigenvalue weighted by molar-refractivity contribution is 6.99. The molecule has 0 aliphatic carbocycles. The summed E-state index contributed by atoms with van der Waals surface area (Å²) in [6.07, 6.45) is 1.00. The van der Waals surface area contributed by atoms with Crippen molar-refractivity contribution in [2.45, 2.75) is 20.3 Å². The molecule has 2 rings (SSSR count). The Balaban J connectivity index is 1.95. The Kier molecular flexibility index (Phi) is 4.56. The minimum Gasteiger partial charge on any atom is -0.474 e. The maximum Gasteiger partial charge on any atom is 0.270 e. The summed E-state index contributed by atoms with van der Waals surface area (Å²) < 4.78 is 14.2. The highest BCUT2D eigenvalue weighted by Crippen LogP contribution is 2.26. The van der Waals surface area contributed by atoms with Gasteiger partial charge < -0.3 is 14.5 Å². The minimum absolute atomic E-state index is 0.710. The molecule has 1 fully saturated rings. The Bertz CT molecular complexity index is 336. The first-order valence-corrected chi connectivity index (χ1v) is 7.00. The van der Waals surface area contributed by atoms with Crippen LogP contribution >= 0.6 is 11.7 Å². The Labute approximate surface area is 107 Å². The molecule has 1 saturated heterocycles. The maximum atomic E-state index is 5.61. The van der Waals surface area contributed by atoms with Gasteiger partial charge in [-0.05, 0) is 13.0 Å². The molecule has 1 aromatic heterocycles. The first kappa shape index (κ1) is 12.6. The van der Waals surface area contributed by atoms with E-state index in [0.717, 1.165) is 45.0 Å². The van der Waals surface area contributed by atoms with Crippen LogP contribution in [0.5, 0.6) is 5.88 Å². The van der Waals surface area contributed by atoms with Crippen molar-refractivity contribution in [2.75, 3.05) is 44.2 Å². The lowest BCUT2D eigenvalue weighted by Gasteiger charge is -2.34. The summed E-state index contributed by atoms with van der Waals surface area (Å²) in [7, 11) is 0. The van der Waals surface area contributed by atoms with Gasteiger partial charge in [0.15, 0.2) is 0 Å². The number of ether oxygens (including phenoxy) is 1. The lowest BCUT2D eigenvalue weighted by molar-refractivity contribution is 0.267. The van der Waals surface area contributed by atoms with Gasteiger partial charge in [0.25, 0.3) is 5.88 Å². The molecule has 0 N–H and O–H groups in total. The third-order valence-electron chi connectivity index (χ3n) is 3.00. The number of hydrogen-bond donors (Lipinski definition) is 0. The van der Waals surface area contributed by atoms with Gasteiger partial charge in [-0.15, -0.1) is 4.37 Å². The molecule has 0 bridgehead atoms. The van der Waals surface area contributed by atoms with Crippen molar-refractivity contribution in [3.05, 3.63) is 0 Å². The maximum absolute atomic E-state index is 5.61. The molecule has 17 heavy (non-hydrogen) atoms. The molecule has 0 atom stereocenters. The Morgan fingerprint density at radius 2 is 1.94 bits per heavy atom. The van der Waals surface area contributed by atoms with Gasteiger partial charge in [-0.25, -0.2) is 0 Å². The van der Waals surface area contributed by atoms with E-state index in [4.69, 9.17) is 4.74 Å². The van der Waals surface area contributed by atoms with Crippen molar-refractivity contribution < 1.29 is 4.74 Å². The number of hydrogen-bond acceptors (Lipinski definition) is 6. The van der Waals surface area contributed by atoms with Crippen molar-refractivity contribution in [2.24, 2.45) is 0 Å². The van der Waals surface area contributed by atoms with E-state index in [2.05, 4.69) is 32.4 Å². The minimum atomic E-state index is 0.710. The number of likely N-dealkylation sites (N-methyl/N-ethyl adjacent to an activating group) is 1. The van der Waals surface area contributed by atoms with E-state index in [-0.39, 0.29) is 0 Å². The van der Waals surface area contributed by atoms with E-state index in [1.165, 1.54) is 11.7 Å². The zero-order valence-electron chi connectivity index (χ0n) is 10.6. The van der Waals surface area contributed by atoms with Crippen LogP contribution in [-0.4, -0.2) is 53.0 Å². The van der Waals surface area contributed by atoms with Crippen LogP contribution in [0.25, 0.3) is 0 Å². The summed E-state index contributed by atoms with van der Waals surface area (Å²) in [5.41, 5.74) is 0. The largest absolute Gasteiger partial charge is 0.474 e. The average molecular weight is 256 g/mol. The molecule has 0 saturated carbocycles. The topological polar surface area (TPSA) is 41.5 Å². The van der Waals surface area contributed by atoms with Crippen LogP contribution in [0.15, 0.2) is 0 Å². The molecule has 5 nitrogen and oxygen atoms in total. The van der Waals surface area contributed by atoms with Crippen LogP contribution in [-0.2, 0) is 0 Å². The van der Waals surface area contributed by atoms with Gasteiger partial charge in [0.1, 0.15) is 0 Å². The lowest BCUT2D eigenvalue weighted by atomic mass is 10.3. The molecular weight excluding hydrogens is 236 g/mol. The van der Waals surface area contributed by atoms with E-state index in [9.17, 15) is 0 Å². The van der Waals surface area contributed by atoms with Crippen LogP contribution < -0.4 is 9.64 Å². The molecule has 0 spiro atoms. The van der Waals surface area contributed by atoms with Crippen molar-refractivity contribution in [1.82, 2.24) is 13.6 Å². The van der Waals surface area contributed by atoms with Gasteiger partial charge in [-0.2, -0.15) is 4.37 Å². The fourth-order valence-electron chi connectivity index (χ4n) is 1.93. The van der Waals surface area contributed by atoms with Gasteiger partial charge in [-0.3, -0.25) is 0 Å². The molecule has 0 amide bonds. The number of rotatable bonds is 5. The molecule has 0 unspecified atom stereocenters. The van der Waals surface area contributed by atoms with Gasteiger partial charge in [0, 0.05) is 26.2 Å². The standard InChI is InChI=1S/C11H20N4OS/c1-3-9-16-11-10(12-17-13-11)15-7-5-14(4-2)6-8-15/h3-9H2,1-2H3. The first-order valence-electron chi connectivity index (χ1n) is 6.27. The SMILES string of the molecule is CCCOc1nsnc1N1CCN(CC)CC1. The molecule has 1 aliphatic heterocycles. The smallest absolute Gasteiger partial charge is 0.270 e. The van der Waals surface area contributed by atoms with Crippen LogP contribution in [0.4, 0.5) is 5.82 Å². The average Bonchev–Trinajstić information content (AvgIpc) is 2.84. The highest BCUT2D eigenvalue weighted by atomic mass is 32.1. The Morgan fingerprint density at radius 1 is 1.18 bits per heavy atom. The summed E-state index contributed by atoms with van der Waals surface area (Å²) in [5, 5.41) is 0. The fraction of sp³-hybridized carbons (Fsp3) is 0.818. The molecule has 1 aromatic rings. The van der Waals surface area contributed by atoms with Crippen molar-refractivity contribution in [1.29, 1.82) is 0 Å². The predicted molar refractivity (Wildman–Crippen MR) is 70.0 cm³/mol. The zero-order valence-corrected chi connectivity index (χ0v) is 11.4. The summed E-state index contributed by atoms with van der Waals surface area (Å²) in [4.78, 5) is 4.73. The number of anilines is 1. The van der Waals surface area contributed by atoms with Gasteiger partial charge >= 0.3 is 0 Å². The first-order chi connectivity index (χ1) is 8.35. The van der Waals surface area contributed by atoms with Crippen LogP contribution in [0.2, 0.25) is 0 Å². The molecule has 0 aromatic carbocycles. The second kappa shape index (κ2) is 6.16. The normalized spacial score (nSPS) is 17.4. The molecule has 2 heterocycles. The van der Waals surface area contributed by atoms with E-state index in [1.54, 1.807) is 0 Å². The molecule has 6 heteroatoms. The van der Waals surface area contributed by atoms with E-state index in [0.29, 0.717) is 12.5 Å². The predicted octanol–water partition coefficient (Wildman–Crippen LogP) is 1.47. The van der Waals surface area contributed by atoms with Crippen LogP contribution in [0.1, 0.15) is 20.3 Å². The van der Waals surface area contributed by atoms with E-state index < -0.39 is 0 Å². The van der Waals surface area contributed by atoms with Crippen molar-refractivity contribution in [3.8, 4) is 5.88 Å².